The van der Waals surface area contributed by atoms with Crippen LogP contribution >= 0.6 is 0 Å². The molecule has 4 rings (SSSR count). The molecule has 3 aromatic rings. The van der Waals surface area contributed by atoms with Crippen LogP contribution in [0.1, 0.15) is 39.1 Å². The van der Waals surface area contributed by atoms with Crippen LogP contribution in [-0.2, 0) is 6.61 Å². The lowest BCUT2D eigenvalue weighted by atomic mass is 10.0. The number of carbonyl (C=O) groups is 2. The molecule has 0 bridgehead atoms. The summed E-state index contributed by atoms with van der Waals surface area (Å²) in [5.74, 6) is 1.13. The van der Waals surface area contributed by atoms with Gasteiger partial charge in [0.25, 0.3) is 11.8 Å². The summed E-state index contributed by atoms with van der Waals surface area (Å²) in [6, 6.07) is 24.3. The highest BCUT2D eigenvalue weighted by atomic mass is 16.5. The maximum atomic E-state index is 13.0. The zero-order chi connectivity index (χ0) is 23.0. The fourth-order valence-electron chi connectivity index (χ4n) is 3.92. The fourth-order valence-corrected chi connectivity index (χ4v) is 3.92. The summed E-state index contributed by atoms with van der Waals surface area (Å²) in [4.78, 5) is 27.6. The quantitative estimate of drug-likeness (QED) is 0.590. The second kappa shape index (κ2) is 10.7. The molecular weight excluding hydrogens is 416 g/mol. The van der Waals surface area contributed by atoms with Gasteiger partial charge in [0.1, 0.15) is 18.1 Å². The third-order valence-electron chi connectivity index (χ3n) is 5.82. The molecule has 1 saturated heterocycles. The smallest absolute Gasteiger partial charge is 0.255 e. The highest BCUT2D eigenvalue weighted by Gasteiger charge is 2.25. The number of ether oxygens (including phenoxy) is 2. The van der Waals surface area contributed by atoms with Gasteiger partial charge in [-0.1, -0.05) is 42.5 Å². The van der Waals surface area contributed by atoms with E-state index in [1.807, 2.05) is 53.4 Å². The molecule has 3 aromatic carbocycles. The molecule has 1 fully saturated rings. The summed E-state index contributed by atoms with van der Waals surface area (Å²) in [6.07, 6.45) is 1.42. The molecule has 1 N–H and O–H groups in total. The number of para-hydroxylation sites is 1. The molecular formula is C27H28N2O4. The standard InChI is InChI=1S/C27H28N2O4/c1-32-23-13-11-21(12-14-23)27(31)29-17-15-22(16-18-29)28-26(30)24-9-5-6-10-25(24)33-19-20-7-3-2-4-8-20/h2-14,22H,15-19H2,1H3,(H,28,30). The van der Waals surface area contributed by atoms with Gasteiger partial charge in [0.15, 0.2) is 0 Å². The van der Waals surface area contributed by atoms with E-state index >= 15 is 0 Å². The number of hydrogen-bond donors (Lipinski definition) is 1. The number of likely N-dealkylation sites (tertiary alicyclic amines) is 1. The molecule has 0 atom stereocenters. The third kappa shape index (κ3) is 5.71. The van der Waals surface area contributed by atoms with Crippen LogP contribution in [0.3, 0.4) is 0 Å². The van der Waals surface area contributed by atoms with Gasteiger partial charge >= 0.3 is 0 Å². The number of nitrogens with zero attached hydrogens (tertiary/aromatic N) is 1. The van der Waals surface area contributed by atoms with Crippen LogP contribution in [-0.4, -0.2) is 43.0 Å². The van der Waals surface area contributed by atoms with E-state index in [4.69, 9.17) is 9.47 Å². The van der Waals surface area contributed by atoms with Gasteiger partial charge in [-0.3, -0.25) is 9.59 Å². The van der Waals surface area contributed by atoms with Gasteiger partial charge in [-0.15, -0.1) is 0 Å². The van der Waals surface area contributed by atoms with Crippen LogP contribution in [0.15, 0.2) is 78.9 Å². The fraction of sp³-hybridized carbons (Fsp3) is 0.259. The number of carbonyl (C=O) groups excluding carboxylic acids is 2. The molecule has 2 amide bonds. The Morgan fingerprint density at radius 3 is 2.27 bits per heavy atom. The predicted molar refractivity (Wildman–Crippen MR) is 127 cm³/mol. The molecule has 0 aromatic heterocycles. The molecule has 0 spiro atoms. The maximum Gasteiger partial charge on any atom is 0.255 e. The first-order valence-corrected chi connectivity index (χ1v) is 11.1. The van der Waals surface area contributed by atoms with E-state index in [2.05, 4.69) is 5.32 Å². The number of methoxy groups -OCH3 is 1. The summed E-state index contributed by atoms with van der Waals surface area (Å²) in [5, 5.41) is 3.11. The lowest BCUT2D eigenvalue weighted by Gasteiger charge is -2.32. The molecule has 1 heterocycles. The van der Waals surface area contributed by atoms with Crippen LogP contribution in [0, 0.1) is 0 Å². The van der Waals surface area contributed by atoms with Gasteiger partial charge in [0, 0.05) is 24.7 Å². The second-order valence-corrected chi connectivity index (χ2v) is 8.04. The van der Waals surface area contributed by atoms with Gasteiger partial charge in [-0.2, -0.15) is 0 Å². The van der Waals surface area contributed by atoms with E-state index in [1.54, 1.807) is 37.4 Å². The Morgan fingerprint density at radius 1 is 0.909 bits per heavy atom. The average molecular weight is 445 g/mol. The minimum Gasteiger partial charge on any atom is -0.497 e. The number of piperidine rings is 1. The zero-order valence-electron chi connectivity index (χ0n) is 18.7. The Morgan fingerprint density at radius 2 is 1.58 bits per heavy atom. The zero-order valence-corrected chi connectivity index (χ0v) is 18.7. The maximum absolute atomic E-state index is 13.0. The SMILES string of the molecule is COc1ccc(C(=O)N2CCC(NC(=O)c3ccccc3OCc3ccccc3)CC2)cc1. The predicted octanol–water partition coefficient (Wildman–Crippen LogP) is 4.31. The molecule has 6 heteroatoms. The van der Waals surface area contributed by atoms with E-state index < -0.39 is 0 Å². The summed E-state index contributed by atoms with van der Waals surface area (Å²) >= 11 is 0. The van der Waals surface area contributed by atoms with Crippen LogP contribution < -0.4 is 14.8 Å². The van der Waals surface area contributed by atoms with Crippen molar-refractivity contribution in [3.05, 3.63) is 95.6 Å². The molecule has 0 aliphatic carbocycles. The van der Waals surface area contributed by atoms with Crippen molar-refractivity contribution in [1.82, 2.24) is 10.2 Å². The Balaban J connectivity index is 1.31. The topological polar surface area (TPSA) is 67.9 Å². The normalized spacial score (nSPS) is 13.9. The van der Waals surface area contributed by atoms with E-state index in [0.717, 1.165) is 11.3 Å². The van der Waals surface area contributed by atoms with Crippen molar-refractivity contribution < 1.29 is 19.1 Å². The minimum atomic E-state index is -0.154. The third-order valence-corrected chi connectivity index (χ3v) is 5.82. The summed E-state index contributed by atoms with van der Waals surface area (Å²) in [6.45, 7) is 1.60. The Kier molecular flexibility index (Phi) is 7.25. The number of rotatable bonds is 7. The van der Waals surface area contributed by atoms with Crippen molar-refractivity contribution in [3.8, 4) is 11.5 Å². The highest BCUT2D eigenvalue weighted by molar-refractivity contribution is 5.97. The molecule has 1 aliphatic rings. The molecule has 0 saturated carbocycles. The van der Waals surface area contributed by atoms with E-state index in [1.165, 1.54) is 0 Å². The van der Waals surface area contributed by atoms with Gasteiger partial charge in [-0.25, -0.2) is 0 Å². The minimum absolute atomic E-state index is 0.00193. The van der Waals surface area contributed by atoms with Crippen molar-refractivity contribution >= 4 is 11.8 Å². The monoisotopic (exact) mass is 444 g/mol. The Labute approximate surface area is 194 Å². The largest absolute Gasteiger partial charge is 0.497 e. The van der Waals surface area contributed by atoms with Gasteiger partial charge in [0.05, 0.1) is 12.7 Å². The van der Waals surface area contributed by atoms with Gasteiger partial charge < -0.3 is 19.7 Å². The van der Waals surface area contributed by atoms with Gasteiger partial charge in [0.2, 0.25) is 0 Å². The first kappa shape index (κ1) is 22.4. The number of nitrogens with one attached hydrogen (secondary N) is 1. The Hall–Kier alpha value is -3.80. The van der Waals surface area contributed by atoms with E-state index in [-0.39, 0.29) is 17.9 Å². The summed E-state index contributed by atoms with van der Waals surface area (Å²) in [5.41, 5.74) is 2.20. The molecule has 0 radical (unpaired) electrons. The van der Waals surface area contributed by atoms with Crippen LogP contribution in [0.4, 0.5) is 0 Å². The lowest BCUT2D eigenvalue weighted by Crippen LogP contribution is -2.46. The number of amides is 2. The molecule has 6 nitrogen and oxygen atoms in total. The molecule has 1 aliphatic heterocycles. The first-order valence-electron chi connectivity index (χ1n) is 11.1. The summed E-state index contributed by atoms with van der Waals surface area (Å²) < 4.78 is 11.1. The van der Waals surface area contributed by atoms with E-state index in [9.17, 15) is 9.59 Å². The lowest BCUT2D eigenvalue weighted by molar-refractivity contribution is 0.0698. The van der Waals surface area contributed by atoms with Crippen LogP contribution in [0.25, 0.3) is 0 Å². The number of benzene rings is 3. The second-order valence-electron chi connectivity index (χ2n) is 8.04. The van der Waals surface area contributed by atoms with E-state index in [0.29, 0.717) is 49.4 Å². The van der Waals surface area contributed by atoms with Crippen molar-refractivity contribution in [1.29, 1.82) is 0 Å². The Bertz CT molecular complexity index is 1070. The van der Waals surface area contributed by atoms with Crippen molar-refractivity contribution in [2.24, 2.45) is 0 Å². The van der Waals surface area contributed by atoms with Crippen LogP contribution in [0.2, 0.25) is 0 Å². The first-order chi connectivity index (χ1) is 16.1. The molecule has 170 valence electrons. The molecule has 33 heavy (non-hydrogen) atoms. The highest BCUT2D eigenvalue weighted by Crippen LogP contribution is 2.21. The number of hydrogen-bond acceptors (Lipinski definition) is 4. The van der Waals surface area contributed by atoms with Crippen molar-refractivity contribution in [3.63, 3.8) is 0 Å². The molecule has 0 unspecified atom stereocenters. The van der Waals surface area contributed by atoms with Crippen molar-refractivity contribution in [2.45, 2.75) is 25.5 Å². The van der Waals surface area contributed by atoms with Crippen LogP contribution in [0.5, 0.6) is 11.5 Å². The summed E-state index contributed by atoms with van der Waals surface area (Å²) in [7, 11) is 1.60. The average Bonchev–Trinajstić information content (AvgIpc) is 2.88. The van der Waals surface area contributed by atoms with Crippen molar-refractivity contribution in [2.75, 3.05) is 20.2 Å². The van der Waals surface area contributed by atoms with Gasteiger partial charge in [-0.05, 0) is 54.8 Å².